The second-order valence-electron chi connectivity index (χ2n) is 6.36. The van der Waals surface area contributed by atoms with Crippen LogP contribution in [0.25, 0.3) is 0 Å². The smallest absolute Gasteiger partial charge is 0.214 e. The van der Waals surface area contributed by atoms with Gasteiger partial charge in [0.2, 0.25) is 10.0 Å². The van der Waals surface area contributed by atoms with Gasteiger partial charge < -0.3 is 0 Å². The zero-order valence-corrected chi connectivity index (χ0v) is 12.7. The average Bonchev–Trinajstić information content (AvgIpc) is 2.26. The lowest BCUT2D eigenvalue weighted by molar-refractivity contribution is -0.121. The predicted octanol–water partition coefficient (Wildman–Crippen LogP) is 2.20. The number of ketones is 1. The molecule has 106 valence electrons. The van der Waals surface area contributed by atoms with E-state index < -0.39 is 16.1 Å². The zero-order chi connectivity index (χ0) is 14.0. The molecule has 0 aromatic carbocycles. The fourth-order valence-electron chi connectivity index (χ4n) is 2.20. The maximum Gasteiger partial charge on any atom is 0.214 e. The first kappa shape index (κ1) is 15.6. The molecule has 0 radical (unpaired) electrons. The van der Waals surface area contributed by atoms with Crippen molar-refractivity contribution < 1.29 is 13.2 Å². The van der Waals surface area contributed by atoms with Crippen molar-refractivity contribution in [3.63, 3.8) is 0 Å². The van der Waals surface area contributed by atoms with Crippen molar-refractivity contribution in [3.05, 3.63) is 0 Å². The van der Waals surface area contributed by atoms with Gasteiger partial charge in [-0.1, -0.05) is 27.2 Å². The molecule has 1 fully saturated rings. The molecule has 0 aliphatic carbocycles. The van der Waals surface area contributed by atoms with Crippen molar-refractivity contribution in [2.75, 3.05) is 12.3 Å². The fraction of sp³-hybridized carbons (Fsp3) is 0.923. The summed E-state index contributed by atoms with van der Waals surface area (Å²) in [6, 6.07) is -0.427. The second kappa shape index (κ2) is 5.70. The van der Waals surface area contributed by atoms with E-state index in [0.29, 0.717) is 19.4 Å². The molecule has 1 unspecified atom stereocenters. The molecule has 0 N–H and O–H groups in total. The Morgan fingerprint density at radius 3 is 2.39 bits per heavy atom. The summed E-state index contributed by atoms with van der Waals surface area (Å²) >= 11 is 0. The van der Waals surface area contributed by atoms with Gasteiger partial charge in [0, 0.05) is 6.54 Å². The molecule has 18 heavy (non-hydrogen) atoms. The largest absolute Gasteiger partial charge is 0.298 e. The highest BCUT2D eigenvalue weighted by molar-refractivity contribution is 7.89. The summed E-state index contributed by atoms with van der Waals surface area (Å²) in [7, 11) is -3.30. The Kier molecular flexibility index (Phi) is 4.95. The third kappa shape index (κ3) is 4.35. The molecule has 1 aliphatic rings. The van der Waals surface area contributed by atoms with Gasteiger partial charge in [0.15, 0.2) is 0 Å². The molecule has 4 nitrogen and oxygen atoms in total. The standard InChI is InChI=1S/C13H25NO3S/c1-11(15)12-7-5-6-9-14(12)18(16,17)10-8-13(2,3)4/h12H,5-10H2,1-4H3. The number of hydrogen-bond acceptors (Lipinski definition) is 3. The van der Waals surface area contributed by atoms with Crippen LogP contribution in [0.15, 0.2) is 0 Å². The summed E-state index contributed by atoms with van der Waals surface area (Å²) < 4.78 is 26.1. The van der Waals surface area contributed by atoms with E-state index in [1.807, 2.05) is 20.8 Å². The Bertz CT molecular complexity index is 395. The molecular formula is C13H25NO3S. The van der Waals surface area contributed by atoms with E-state index in [9.17, 15) is 13.2 Å². The first-order valence-electron chi connectivity index (χ1n) is 6.63. The van der Waals surface area contributed by atoms with Crippen LogP contribution in [0.1, 0.15) is 53.4 Å². The number of hydrogen-bond donors (Lipinski definition) is 0. The third-order valence-electron chi connectivity index (χ3n) is 3.39. The maximum atomic E-state index is 12.3. The summed E-state index contributed by atoms with van der Waals surface area (Å²) in [6.45, 7) is 8.07. The molecule has 0 aromatic heterocycles. The average molecular weight is 275 g/mol. The van der Waals surface area contributed by atoms with Crippen LogP contribution in [0.2, 0.25) is 0 Å². The normalized spacial score (nSPS) is 23.0. The molecule has 0 aromatic rings. The molecular weight excluding hydrogens is 250 g/mol. The van der Waals surface area contributed by atoms with Gasteiger partial charge in [0.25, 0.3) is 0 Å². The molecule has 1 heterocycles. The highest BCUT2D eigenvalue weighted by atomic mass is 32.2. The van der Waals surface area contributed by atoms with E-state index in [1.165, 1.54) is 11.2 Å². The summed E-state index contributed by atoms with van der Waals surface area (Å²) in [5.41, 5.74) is -0.00538. The van der Waals surface area contributed by atoms with Gasteiger partial charge in [0.1, 0.15) is 5.78 Å². The molecule has 0 amide bonds. The summed E-state index contributed by atoms with van der Waals surface area (Å²) in [4.78, 5) is 11.6. The fourth-order valence-corrected chi connectivity index (χ4v) is 4.35. The number of rotatable bonds is 4. The van der Waals surface area contributed by atoms with Crippen molar-refractivity contribution in [2.45, 2.75) is 59.4 Å². The second-order valence-corrected chi connectivity index (χ2v) is 8.40. The Morgan fingerprint density at radius 1 is 1.28 bits per heavy atom. The summed E-state index contributed by atoms with van der Waals surface area (Å²) in [6.07, 6.45) is 3.09. The van der Waals surface area contributed by atoms with Gasteiger partial charge in [-0.25, -0.2) is 8.42 Å². The maximum absolute atomic E-state index is 12.3. The summed E-state index contributed by atoms with van der Waals surface area (Å²) in [5.74, 6) is 0.106. The van der Waals surface area contributed by atoms with Gasteiger partial charge in [-0.3, -0.25) is 4.79 Å². The molecule has 0 saturated carbocycles. The van der Waals surface area contributed by atoms with Gasteiger partial charge >= 0.3 is 0 Å². The number of sulfonamides is 1. The Balaban J connectivity index is 2.78. The van der Waals surface area contributed by atoms with Crippen molar-refractivity contribution >= 4 is 15.8 Å². The molecule has 1 rings (SSSR count). The first-order valence-corrected chi connectivity index (χ1v) is 8.24. The van der Waals surface area contributed by atoms with E-state index in [2.05, 4.69) is 0 Å². The number of carbonyl (C=O) groups excluding carboxylic acids is 1. The van der Waals surface area contributed by atoms with Gasteiger partial charge in [0.05, 0.1) is 11.8 Å². The van der Waals surface area contributed by atoms with E-state index in [1.54, 1.807) is 0 Å². The van der Waals surface area contributed by atoms with Crippen LogP contribution in [0.3, 0.4) is 0 Å². The lowest BCUT2D eigenvalue weighted by atomic mass is 9.94. The van der Waals surface area contributed by atoms with Gasteiger partial charge in [-0.05, 0) is 31.6 Å². The lowest BCUT2D eigenvalue weighted by Crippen LogP contribution is -2.48. The SMILES string of the molecule is CC(=O)C1CCCCN1S(=O)(=O)CCC(C)(C)C. The zero-order valence-electron chi connectivity index (χ0n) is 11.9. The van der Waals surface area contributed by atoms with E-state index >= 15 is 0 Å². The minimum atomic E-state index is -3.30. The van der Waals surface area contributed by atoms with E-state index in [4.69, 9.17) is 0 Å². The quantitative estimate of drug-likeness (QED) is 0.790. The number of carbonyl (C=O) groups is 1. The monoisotopic (exact) mass is 275 g/mol. The van der Waals surface area contributed by atoms with Crippen LogP contribution >= 0.6 is 0 Å². The molecule has 1 atom stereocenters. The molecule has 0 bridgehead atoms. The molecule has 1 saturated heterocycles. The van der Waals surface area contributed by atoms with Crippen LogP contribution in [-0.4, -0.2) is 36.8 Å². The lowest BCUT2D eigenvalue weighted by Gasteiger charge is -2.33. The Morgan fingerprint density at radius 2 is 1.89 bits per heavy atom. The topological polar surface area (TPSA) is 54.5 Å². The number of nitrogens with zero attached hydrogens (tertiary/aromatic N) is 1. The van der Waals surface area contributed by atoms with Crippen LogP contribution in [-0.2, 0) is 14.8 Å². The van der Waals surface area contributed by atoms with Crippen LogP contribution in [0.4, 0.5) is 0 Å². The third-order valence-corrected chi connectivity index (χ3v) is 5.26. The van der Waals surface area contributed by atoms with Crippen molar-refractivity contribution in [2.24, 2.45) is 5.41 Å². The predicted molar refractivity (Wildman–Crippen MR) is 72.9 cm³/mol. The van der Waals surface area contributed by atoms with Gasteiger partial charge in [-0.2, -0.15) is 4.31 Å². The van der Waals surface area contributed by atoms with Crippen molar-refractivity contribution in [1.29, 1.82) is 0 Å². The first-order chi connectivity index (χ1) is 8.13. The van der Waals surface area contributed by atoms with Crippen LogP contribution in [0.5, 0.6) is 0 Å². The van der Waals surface area contributed by atoms with E-state index in [0.717, 1.165) is 12.8 Å². The highest BCUT2D eigenvalue weighted by Crippen LogP contribution is 2.25. The van der Waals surface area contributed by atoms with E-state index in [-0.39, 0.29) is 17.0 Å². The van der Waals surface area contributed by atoms with Crippen molar-refractivity contribution in [1.82, 2.24) is 4.31 Å². The van der Waals surface area contributed by atoms with Crippen LogP contribution < -0.4 is 0 Å². The molecule has 0 spiro atoms. The van der Waals surface area contributed by atoms with Gasteiger partial charge in [-0.15, -0.1) is 0 Å². The summed E-state index contributed by atoms with van der Waals surface area (Å²) in [5, 5.41) is 0. The number of Topliss-reactive ketones (excluding diaryl/α,β-unsaturated/α-hetero) is 1. The Hall–Kier alpha value is -0.420. The van der Waals surface area contributed by atoms with Crippen LogP contribution in [0, 0.1) is 5.41 Å². The highest BCUT2D eigenvalue weighted by Gasteiger charge is 2.35. The van der Waals surface area contributed by atoms with Crippen molar-refractivity contribution in [3.8, 4) is 0 Å². The molecule has 5 heteroatoms. The number of piperidine rings is 1. The minimum Gasteiger partial charge on any atom is -0.298 e. The minimum absolute atomic E-state index is 0.00538. The molecule has 1 aliphatic heterocycles. The Labute approximate surface area is 111 Å².